The second-order valence-electron chi connectivity index (χ2n) is 2.55. The summed E-state index contributed by atoms with van der Waals surface area (Å²) in [5.74, 6) is -0.897. The van der Waals surface area contributed by atoms with E-state index in [2.05, 4.69) is 17.2 Å². The molecule has 0 aliphatic heterocycles. The molecule has 0 atom stereocenters. The van der Waals surface area contributed by atoms with Crippen molar-refractivity contribution in [2.75, 3.05) is 19.6 Å². The molecule has 0 aliphatic carbocycles. The lowest BCUT2D eigenvalue weighted by atomic mass is 10.4. The van der Waals surface area contributed by atoms with Gasteiger partial charge in [0.25, 0.3) is 0 Å². The molecule has 0 bridgehead atoms. The van der Waals surface area contributed by atoms with E-state index >= 15 is 0 Å². The molecule has 1 rings (SSSR count). The zero-order valence-corrected chi connectivity index (χ0v) is 8.29. The van der Waals surface area contributed by atoms with Crippen molar-refractivity contribution in [3.8, 4) is 0 Å². The van der Waals surface area contributed by atoms with Gasteiger partial charge in [0, 0.05) is 25.5 Å². The number of carbonyl (C=O) groups is 1. The van der Waals surface area contributed by atoms with E-state index in [1.807, 2.05) is 0 Å². The number of carboxylic acids is 1. The van der Waals surface area contributed by atoms with Crippen molar-refractivity contribution in [3.63, 3.8) is 0 Å². The minimum absolute atomic E-state index is 0.296. The lowest BCUT2D eigenvalue weighted by molar-refractivity contribution is 0.0697. The first-order valence-electron chi connectivity index (χ1n) is 4.49. The fraction of sp³-hybridized carbons (Fsp3) is 0.444. The number of H-pyrrole nitrogens is 1. The van der Waals surface area contributed by atoms with Gasteiger partial charge in [-0.3, -0.25) is 0 Å². The molecule has 5 nitrogen and oxygen atoms in total. The number of rotatable bonds is 4. The number of carboxylic acid groups (broad SMARTS) is 1. The van der Waals surface area contributed by atoms with Crippen LogP contribution in [0.25, 0.3) is 0 Å². The zero-order valence-electron chi connectivity index (χ0n) is 8.29. The Morgan fingerprint density at radius 1 is 1.71 bits per heavy atom. The largest absolute Gasteiger partial charge is 0.478 e. The molecule has 1 aromatic heterocycles. The number of aromatic carboxylic acids is 1. The topological polar surface area (TPSA) is 91.1 Å². The van der Waals surface area contributed by atoms with Crippen LogP contribution in [0.2, 0.25) is 0 Å². The molecule has 1 aromatic rings. The highest BCUT2D eigenvalue weighted by atomic mass is 16.4. The van der Waals surface area contributed by atoms with E-state index in [9.17, 15) is 4.79 Å². The third-order valence-electron chi connectivity index (χ3n) is 1.42. The lowest BCUT2D eigenvalue weighted by Crippen LogP contribution is -2.21. The number of nitrogens with two attached hydrogens (primary N) is 1. The Kier molecular flexibility index (Phi) is 7.49. The van der Waals surface area contributed by atoms with E-state index in [0.29, 0.717) is 5.56 Å². The number of aromatic nitrogens is 1. The van der Waals surface area contributed by atoms with Gasteiger partial charge in [0.2, 0.25) is 0 Å². The smallest absolute Gasteiger partial charge is 0.337 e. The maximum Gasteiger partial charge on any atom is 0.337 e. The van der Waals surface area contributed by atoms with Gasteiger partial charge in [-0.1, -0.05) is 6.92 Å². The summed E-state index contributed by atoms with van der Waals surface area (Å²) in [4.78, 5) is 12.7. The van der Waals surface area contributed by atoms with E-state index in [0.717, 1.165) is 19.6 Å². The summed E-state index contributed by atoms with van der Waals surface area (Å²) >= 11 is 0. The molecule has 5 heteroatoms. The number of hydrogen-bond acceptors (Lipinski definition) is 3. The average molecular weight is 199 g/mol. The molecule has 5 N–H and O–H groups in total. The molecule has 0 amide bonds. The van der Waals surface area contributed by atoms with Crippen LogP contribution in [0.4, 0.5) is 0 Å². The molecule has 0 aromatic carbocycles. The van der Waals surface area contributed by atoms with E-state index in [1.54, 1.807) is 6.20 Å². The second kappa shape index (κ2) is 8.28. The maximum atomic E-state index is 10.0. The number of hydrogen-bond donors (Lipinski definition) is 4. The Morgan fingerprint density at radius 2 is 2.43 bits per heavy atom. The molecular weight excluding hydrogens is 182 g/mol. The van der Waals surface area contributed by atoms with Crippen LogP contribution in [0.5, 0.6) is 0 Å². The molecule has 0 spiro atoms. The predicted molar refractivity (Wildman–Crippen MR) is 55.4 cm³/mol. The Labute approximate surface area is 83.3 Å². The quantitative estimate of drug-likeness (QED) is 0.524. The molecule has 80 valence electrons. The summed E-state index contributed by atoms with van der Waals surface area (Å²) in [7, 11) is 0. The summed E-state index contributed by atoms with van der Waals surface area (Å²) < 4.78 is 0. The highest BCUT2D eigenvalue weighted by Gasteiger charge is 1.98. The van der Waals surface area contributed by atoms with Crippen LogP contribution < -0.4 is 11.1 Å². The van der Waals surface area contributed by atoms with Gasteiger partial charge in [-0.05, 0) is 12.6 Å². The van der Waals surface area contributed by atoms with E-state index in [-0.39, 0.29) is 0 Å². The van der Waals surface area contributed by atoms with Gasteiger partial charge in [0.1, 0.15) is 0 Å². The van der Waals surface area contributed by atoms with Crippen molar-refractivity contribution in [1.82, 2.24) is 10.3 Å². The fourth-order valence-corrected chi connectivity index (χ4v) is 0.736. The Morgan fingerprint density at radius 3 is 2.64 bits per heavy atom. The van der Waals surface area contributed by atoms with Crippen molar-refractivity contribution in [1.29, 1.82) is 0 Å². The van der Waals surface area contributed by atoms with Gasteiger partial charge < -0.3 is 21.1 Å². The van der Waals surface area contributed by atoms with Crippen LogP contribution in [0.15, 0.2) is 18.5 Å². The Bertz CT molecular complexity index is 230. The van der Waals surface area contributed by atoms with E-state index in [4.69, 9.17) is 10.8 Å². The van der Waals surface area contributed by atoms with Crippen LogP contribution in [-0.4, -0.2) is 35.7 Å². The zero-order chi connectivity index (χ0) is 10.8. The summed E-state index contributed by atoms with van der Waals surface area (Å²) in [6, 6.07) is 1.50. The van der Waals surface area contributed by atoms with Crippen molar-refractivity contribution >= 4 is 5.97 Å². The third-order valence-corrected chi connectivity index (χ3v) is 1.42. The fourth-order valence-electron chi connectivity index (χ4n) is 0.736. The van der Waals surface area contributed by atoms with Gasteiger partial charge in [0.05, 0.1) is 5.56 Å². The monoisotopic (exact) mass is 199 g/mol. The first-order chi connectivity index (χ1) is 6.72. The molecular formula is C9H17N3O2. The van der Waals surface area contributed by atoms with Crippen molar-refractivity contribution < 1.29 is 9.90 Å². The SMILES string of the molecule is CCNCCN.O=C(O)c1cc[nH]c1. The first kappa shape index (κ1) is 12.7. The summed E-state index contributed by atoms with van der Waals surface area (Å²) in [5, 5.41) is 11.3. The van der Waals surface area contributed by atoms with Crippen LogP contribution in [0, 0.1) is 0 Å². The van der Waals surface area contributed by atoms with Crippen LogP contribution >= 0.6 is 0 Å². The first-order valence-corrected chi connectivity index (χ1v) is 4.49. The van der Waals surface area contributed by atoms with Crippen molar-refractivity contribution in [2.24, 2.45) is 5.73 Å². The second-order valence-corrected chi connectivity index (χ2v) is 2.55. The average Bonchev–Trinajstić information content (AvgIpc) is 2.68. The molecule has 1 heterocycles. The highest BCUT2D eigenvalue weighted by Crippen LogP contribution is 1.93. The Balaban J connectivity index is 0.000000255. The Hall–Kier alpha value is -1.33. The van der Waals surface area contributed by atoms with Gasteiger partial charge in [-0.2, -0.15) is 0 Å². The van der Waals surface area contributed by atoms with Gasteiger partial charge in [0.15, 0.2) is 0 Å². The van der Waals surface area contributed by atoms with Gasteiger partial charge >= 0.3 is 5.97 Å². The minimum Gasteiger partial charge on any atom is -0.478 e. The normalized spacial score (nSPS) is 9.00. The van der Waals surface area contributed by atoms with Crippen LogP contribution in [-0.2, 0) is 0 Å². The van der Waals surface area contributed by atoms with E-state index < -0.39 is 5.97 Å². The molecule has 0 aliphatic rings. The van der Waals surface area contributed by atoms with Gasteiger partial charge in [-0.15, -0.1) is 0 Å². The van der Waals surface area contributed by atoms with Crippen LogP contribution in [0.3, 0.4) is 0 Å². The predicted octanol–water partition coefficient (Wildman–Crippen LogP) is 0.268. The molecule has 14 heavy (non-hydrogen) atoms. The van der Waals surface area contributed by atoms with Crippen LogP contribution in [0.1, 0.15) is 17.3 Å². The maximum absolute atomic E-state index is 10.0. The summed E-state index contributed by atoms with van der Waals surface area (Å²) in [5.41, 5.74) is 5.45. The highest BCUT2D eigenvalue weighted by molar-refractivity contribution is 5.87. The van der Waals surface area contributed by atoms with Crippen molar-refractivity contribution in [3.05, 3.63) is 24.0 Å². The van der Waals surface area contributed by atoms with Gasteiger partial charge in [-0.25, -0.2) is 4.79 Å². The molecule has 0 radical (unpaired) electrons. The standard InChI is InChI=1S/C5H5NO2.C4H12N2/c7-5(8)4-1-2-6-3-4;1-2-6-4-3-5/h1-3,6H,(H,7,8);6H,2-5H2,1H3. The molecule has 0 fully saturated rings. The summed E-state index contributed by atoms with van der Waals surface area (Å²) in [6.45, 7) is 4.77. The number of nitrogens with one attached hydrogen (secondary N) is 2. The number of aromatic amines is 1. The minimum atomic E-state index is -0.897. The molecule has 0 saturated heterocycles. The van der Waals surface area contributed by atoms with E-state index in [1.165, 1.54) is 12.3 Å². The third kappa shape index (κ3) is 6.22. The molecule has 0 saturated carbocycles. The summed E-state index contributed by atoms with van der Waals surface area (Å²) in [6.07, 6.45) is 3.01. The van der Waals surface area contributed by atoms with Crippen molar-refractivity contribution in [2.45, 2.75) is 6.92 Å². The molecule has 0 unspecified atom stereocenters. The lowest BCUT2D eigenvalue weighted by Gasteiger charge is -1.92. The number of likely N-dealkylation sites (N-methyl/N-ethyl adjacent to an activating group) is 1.